The number of amides is 2. The zero-order valence-corrected chi connectivity index (χ0v) is 9.85. The van der Waals surface area contributed by atoms with E-state index in [2.05, 4.69) is 5.32 Å². The number of nitrogens with one attached hydrogen (secondary N) is 2. The summed E-state index contributed by atoms with van der Waals surface area (Å²) < 4.78 is 25.6. The quantitative estimate of drug-likeness (QED) is 0.481. The maximum Gasteiger partial charge on any atom is 0.268 e. The first kappa shape index (κ1) is 17.9. The number of rotatable bonds is 4. The van der Waals surface area contributed by atoms with Gasteiger partial charge in [0.15, 0.2) is 11.6 Å². The molecule has 0 aliphatic rings. The van der Waals surface area contributed by atoms with Gasteiger partial charge in [0.2, 0.25) is 0 Å². The molecule has 112 valence electrons. The molecule has 0 fully saturated rings. The fourth-order valence-corrected chi connectivity index (χ4v) is 1.34. The van der Waals surface area contributed by atoms with E-state index in [0.29, 0.717) is 6.07 Å². The van der Waals surface area contributed by atoms with Crippen molar-refractivity contribution in [1.82, 2.24) is 10.8 Å². The molecular formula is C12H16F2N2O4. The third-order valence-electron chi connectivity index (χ3n) is 2.34. The van der Waals surface area contributed by atoms with Crippen LogP contribution in [-0.4, -0.2) is 34.3 Å². The van der Waals surface area contributed by atoms with Crippen molar-refractivity contribution in [1.29, 1.82) is 0 Å². The van der Waals surface area contributed by atoms with Crippen molar-refractivity contribution in [3.63, 3.8) is 0 Å². The molecule has 0 spiro atoms. The molecule has 1 rings (SSSR count). The summed E-state index contributed by atoms with van der Waals surface area (Å²) >= 11 is 0. The van der Waals surface area contributed by atoms with Crippen molar-refractivity contribution in [2.24, 2.45) is 0 Å². The van der Waals surface area contributed by atoms with Crippen LogP contribution < -0.4 is 10.8 Å². The molecule has 0 aromatic heterocycles. The Morgan fingerprint density at radius 3 is 2.30 bits per heavy atom. The zero-order chi connectivity index (χ0) is 14.6. The average molecular weight is 290 g/mol. The highest BCUT2D eigenvalue weighted by molar-refractivity contribution is 5.97. The van der Waals surface area contributed by atoms with Crippen molar-refractivity contribution in [3.8, 4) is 0 Å². The minimum atomic E-state index is -1.43. The van der Waals surface area contributed by atoms with E-state index in [4.69, 9.17) is 5.21 Å². The van der Waals surface area contributed by atoms with Gasteiger partial charge in [0.1, 0.15) is 6.04 Å². The molecule has 6 nitrogen and oxygen atoms in total. The molecule has 20 heavy (non-hydrogen) atoms. The van der Waals surface area contributed by atoms with E-state index in [1.54, 1.807) is 0 Å². The Bertz CT molecular complexity index is 494. The fourth-order valence-electron chi connectivity index (χ4n) is 1.34. The summed E-state index contributed by atoms with van der Waals surface area (Å²) in [5.74, 6) is -4.26. The number of aliphatic hydroxyl groups is 1. The Morgan fingerprint density at radius 2 is 1.85 bits per heavy atom. The SMILES string of the molecule is C.C[C@@H](O)[C@H](NC(=O)c1ccc(F)c(F)c1)C(=O)NO. The van der Waals surface area contributed by atoms with Gasteiger partial charge < -0.3 is 10.4 Å². The predicted molar refractivity (Wildman–Crippen MR) is 66.0 cm³/mol. The lowest BCUT2D eigenvalue weighted by atomic mass is 10.1. The first-order chi connectivity index (χ1) is 8.86. The molecule has 0 bridgehead atoms. The van der Waals surface area contributed by atoms with Crippen LogP contribution in [0.25, 0.3) is 0 Å². The van der Waals surface area contributed by atoms with Crippen LogP contribution in [0.2, 0.25) is 0 Å². The first-order valence-corrected chi connectivity index (χ1v) is 5.24. The van der Waals surface area contributed by atoms with Crippen LogP contribution in [0.15, 0.2) is 18.2 Å². The normalized spacial score (nSPS) is 12.8. The number of hydroxylamine groups is 1. The van der Waals surface area contributed by atoms with Crippen LogP contribution >= 0.6 is 0 Å². The summed E-state index contributed by atoms with van der Waals surface area (Å²) in [5.41, 5.74) is 1.05. The standard InChI is InChI=1S/C11H12F2N2O4.CH4/c1-5(16)9(11(18)15-19)14-10(17)6-2-3-7(12)8(13)4-6;/h2-5,9,16,19H,1H3,(H,14,17)(H,15,18);1H4/t5-,9+;/m1./s1. The topological polar surface area (TPSA) is 98.7 Å². The number of carbonyl (C=O) groups excluding carboxylic acids is 2. The van der Waals surface area contributed by atoms with E-state index in [1.807, 2.05) is 0 Å². The molecule has 8 heteroatoms. The van der Waals surface area contributed by atoms with Gasteiger partial charge in [0.05, 0.1) is 6.10 Å². The number of carbonyl (C=O) groups is 2. The lowest BCUT2D eigenvalue weighted by Gasteiger charge is -2.19. The minimum absolute atomic E-state index is 0. The van der Waals surface area contributed by atoms with Crippen molar-refractivity contribution >= 4 is 11.8 Å². The van der Waals surface area contributed by atoms with Crippen LogP contribution in [0.1, 0.15) is 24.7 Å². The Morgan fingerprint density at radius 1 is 1.25 bits per heavy atom. The van der Waals surface area contributed by atoms with Crippen molar-refractivity contribution in [2.45, 2.75) is 26.5 Å². The summed E-state index contributed by atoms with van der Waals surface area (Å²) in [5, 5.41) is 19.8. The molecule has 0 aliphatic heterocycles. The number of hydrogen-bond donors (Lipinski definition) is 4. The van der Waals surface area contributed by atoms with E-state index in [0.717, 1.165) is 12.1 Å². The van der Waals surface area contributed by atoms with Gasteiger partial charge >= 0.3 is 0 Å². The zero-order valence-electron chi connectivity index (χ0n) is 9.85. The van der Waals surface area contributed by atoms with Crippen LogP contribution in [0.4, 0.5) is 8.78 Å². The fraction of sp³-hybridized carbons (Fsp3) is 0.333. The van der Waals surface area contributed by atoms with E-state index >= 15 is 0 Å². The molecule has 0 unspecified atom stereocenters. The summed E-state index contributed by atoms with van der Waals surface area (Å²) in [4.78, 5) is 22.8. The molecule has 4 N–H and O–H groups in total. The van der Waals surface area contributed by atoms with Crippen LogP contribution in [-0.2, 0) is 4.79 Å². The molecular weight excluding hydrogens is 274 g/mol. The van der Waals surface area contributed by atoms with E-state index in [-0.39, 0.29) is 13.0 Å². The third kappa shape index (κ3) is 4.25. The summed E-state index contributed by atoms with van der Waals surface area (Å²) in [7, 11) is 0. The number of halogens is 2. The van der Waals surface area contributed by atoms with E-state index < -0.39 is 35.6 Å². The van der Waals surface area contributed by atoms with E-state index in [9.17, 15) is 23.5 Å². The molecule has 0 aliphatic carbocycles. The van der Waals surface area contributed by atoms with Crippen molar-refractivity contribution in [3.05, 3.63) is 35.4 Å². The lowest BCUT2D eigenvalue weighted by Crippen LogP contribution is -2.51. The van der Waals surface area contributed by atoms with Crippen molar-refractivity contribution in [2.75, 3.05) is 0 Å². The van der Waals surface area contributed by atoms with E-state index in [1.165, 1.54) is 12.4 Å². The Hall–Kier alpha value is -2.06. The Kier molecular flexibility index (Phi) is 6.74. The van der Waals surface area contributed by atoms with Gasteiger partial charge in [-0.15, -0.1) is 0 Å². The van der Waals surface area contributed by atoms with Gasteiger partial charge in [0.25, 0.3) is 11.8 Å². The minimum Gasteiger partial charge on any atom is -0.391 e. The Labute approximate surface area is 114 Å². The molecule has 0 saturated carbocycles. The lowest BCUT2D eigenvalue weighted by molar-refractivity contribution is -0.133. The first-order valence-electron chi connectivity index (χ1n) is 5.24. The average Bonchev–Trinajstić information content (AvgIpc) is 2.37. The molecule has 2 amide bonds. The molecule has 1 aromatic rings. The number of hydrogen-bond acceptors (Lipinski definition) is 4. The molecule has 1 aromatic carbocycles. The summed E-state index contributed by atoms with van der Waals surface area (Å²) in [6.07, 6.45) is -1.29. The largest absolute Gasteiger partial charge is 0.391 e. The second-order valence-electron chi connectivity index (χ2n) is 3.80. The highest BCUT2D eigenvalue weighted by atomic mass is 19.2. The number of aliphatic hydroxyl groups excluding tert-OH is 1. The highest BCUT2D eigenvalue weighted by Gasteiger charge is 2.26. The third-order valence-corrected chi connectivity index (χ3v) is 2.34. The van der Waals surface area contributed by atoms with Gasteiger partial charge in [-0.25, -0.2) is 14.3 Å². The predicted octanol–water partition coefficient (Wildman–Crippen LogP) is 0.585. The molecule has 2 atom stereocenters. The van der Waals surface area contributed by atoms with Gasteiger partial charge in [-0.1, -0.05) is 7.43 Å². The van der Waals surface area contributed by atoms with Crippen LogP contribution in [0.3, 0.4) is 0 Å². The highest BCUT2D eigenvalue weighted by Crippen LogP contribution is 2.09. The van der Waals surface area contributed by atoms with Gasteiger partial charge in [-0.2, -0.15) is 0 Å². The Balaban J connectivity index is 0.00000361. The molecule has 0 radical (unpaired) electrons. The number of benzene rings is 1. The maximum absolute atomic E-state index is 12.9. The molecule has 0 saturated heterocycles. The smallest absolute Gasteiger partial charge is 0.268 e. The maximum atomic E-state index is 12.9. The van der Waals surface area contributed by atoms with Gasteiger partial charge in [-0.05, 0) is 25.1 Å². The van der Waals surface area contributed by atoms with Crippen LogP contribution in [0.5, 0.6) is 0 Å². The van der Waals surface area contributed by atoms with Crippen molar-refractivity contribution < 1.29 is 28.7 Å². The van der Waals surface area contributed by atoms with Gasteiger partial charge in [-0.3, -0.25) is 14.8 Å². The summed E-state index contributed by atoms with van der Waals surface area (Å²) in [6, 6.07) is 1.00. The second-order valence-corrected chi connectivity index (χ2v) is 3.80. The molecule has 0 heterocycles. The van der Waals surface area contributed by atoms with Gasteiger partial charge in [0, 0.05) is 5.56 Å². The second kappa shape index (κ2) is 7.51. The monoisotopic (exact) mass is 290 g/mol. The van der Waals surface area contributed by atoms with Crippen LogP contribution in [0, 0.1) is 11.6 Å². The summed E-state index contributed by atoms with van der Waals surface area (Å²) in [6.45, 7) is 1.21.